The number of hydrogen-bond donors (Lipinski definition) is 1. The molecular formula is C11H15N5S. The third-order valence-corrected chi connectivity index (χ3v) is 4.02. The molecule has 1 fully saturated rings. The molecule has 17 heavy (non-hydrogen) atoms. The molecule has 3 rings (SSSR count). The summed E-state index contributed by atoms with van der Waals surface area (Å²) in [6, 6.07) is 0.236. The Bertz CT molecular complexity index is 515. The molecule has 2 unspecified atom stereocenters. The number of aromatic nitrogens is 3. The average molecular weight is 249 g/mol. The number of piperidine rings is 1. The van der Waals surface area contributed by atoms with Crippen molar-refractivity contribution in [2.24, 2.45) is 5.73 Å². The lowest BCUT2D eigenvalue weighted by Crippen LogP contribution is -2.44. The van der Waals surface area contributed by atoms with E-state index in [1.165, 1.54) is 11.5 Å². The van der Waals surface area contributed by atoms with E-state index in [9.17, 15) is 0 Å². The number of nitrogens with two attached hydrogens (primary N) is 1. The van der Waals surface area contributed by atoms with E-state index in [2.05, 4.69) is 26.3 Å². The lowest BCUT2D eigenvalue weighted by atomic mass is 9.91. The number of hydrogen-bond acceptors (Lipinski definition) is 6. The van der Waals surface area contributed by atoms with Crippen LogP contribution in [0.1, 0.15) is 18.0 Å². The van der Waals surface area contributed by atoms with E-state index in [0.29, 0.717) is 5.92 Å². The van der Waals surface area contributed by atoms with Gasteiger partial charge in [0.25, 0.3) is 0 Å². The van der Waals surface area contributed by atoms with Gasteiger partial charge in [-0.1, -0.05) is 0 Å². The van der Waals surface area contributed by atoms with Crippen molar-refractivity contribution in [3.8, 4) is 0 Å². The molecule has 2 aromatic heterocycles. The lowest BCUT2D eigenvalue weighted by molar-refractivity contribution is 0.226. The molecule has 1 saturated heterocycles. The predicted molar refractivity (Wildman–Crippen MR) is 68.0 cm³/mol. The minimum atomic E-state index is 0.236. The van der Waals surface area contributed by atoms with E-state index >= 15 is 0 Å². The van der Waals surface area contributed by atoms with Gasteiger partial charge in [0.2, 0.25) is 0 Å². The van der Waals surface area contributed by atoms with E-state index in [-0.39, 0.29) is 6.04 Å². The van der Waals surface area contributed by atoms with Crippen molar-refractivity contribution in [1.29, 1.82) is 0 Å². The standard InChI is InChI=1S/C11H15N5S/c1-16-4-7(2-8(12)5-16)10-9-3-13-6-14-11(9)17-15-10/h3,6-8H,2,4-5,12H2,1H3. The zero-order valence-electron chi connectivity index (χ0n) is 9.71. The number of fused-ring (bicyclic) bond motifs is 1. The first-order valence-electron chi connectivity index (χ1n) is 5.73. The second-order valence-electron chi connectivity index (χ2n) is 4.72. The van der Waals surface area contributed by atoms with E-state index in [1.807, 2.05) is 6.20 Å². The molecule has 2 aromatic rings. The van der Waals surface area contributed by atoms with E-state index in [4.69, 9.17) is 5.73 Å². The maximum Gasteiger partial charge on any atom is 0.147 e. The summed E-state index contributed by atoms with van der Waals surface area (Å²) in [7, 11) is 2.11. The molecule has 90 valence electrons. The molecule has 2 atom stereocenters. The molecule has 1 aliphatic heterocycles. The van der Waals surface area contributed by atoms with Crippen LogP contribution < -0.4 is 5.73 Å². The largest absolute Gasteiger partial charge is 0.327 e. The van der Waals surface area contributed by atoms with Crippen molar-refractivity contribution in [3.63, 3.8) is 0 Å². The highest BCUT2D eigenvalue weighted by molar-refractivity contribution is 7.12. The Morgan fingerprint density at radius 3 is 3.18 bits per heavy atom. The molecule has 0 aromatic carbocycles. The van der Waals surface area contributed by atoms with Gasteiger partial charge in [0.15, 0.2) is 0 Å². The highest BCUT2D eigenvalue weighted by atomic mass is 32.1. The molecule has 6 heteroatoms. The molecule has 0 radical (unpaired) electrons. The van der Waals surface area contributed by atoms with Crippen LogP contribution in [0.15, 0.2) is 12.5 Å². The van der Waals surface area contributed by atoms with Crippen LogP contribution in [0.5, 0.6) is 0 Å². The van der Waals surface area contributed by atoms with Gasteiger partial charge in [-0.3, -0.25) is 0 Å². The van der Waals surface area contributed by atoms with Gasteiger partial charge < -0.3 is 10.6 Å². The van der Waals surface area contributed by atoms with Crippen molar-refractivity contribution in [2.45, 2.75) is 18.4 Å². The first kappa shape index (κ1) is 11.0. The van der Waals surface area contributed by atoms with Crippen LogP contribution >= 0.6 is 11.5 Å². The monoisotopic (exact) mass is 249 g/mol. The number of likely N-dealkylation sites (tertiary alicyclic amines) is 1. The summed E-state index contributed by atoms with van der Waals surface area (Å²) in [4.78, 5) is 11.6. The van der Waals surface area contributed by atoms with Gasteiger partial charge in [-0.05, 0) is 25.0 Å². The van der Waals surface area contributed by atoms with Crippen molar-refractivity contribution < 1.29 is 0 Å². The number of likely N-dealkylation sites (N-methyl/N-ethyl adjacent to an activating group) is 1. The Balaban J connectivity index is 1.98. The molecule has 5 nitrogen and oxygen atoms in total. The quantitative estimate of drug-likeness (QED) is 0.811. The summed E-state index contributed by atoms with van der Waals surface area (Å²) in [6.45, 7) is 1.98. The summed E-state index contributed by atoms with van der Waals surface area (Å²) in [5.41, 5.74) is 7.19. The SMILES string of the molecule is CN1CC(N)CC(c2nsc3ncncc23)C1. The smallest absolute Gasteiger partial charge is 0.147 e. The lowest BCUT2D eigenvalue weighted by Gasteiger charge is -2.33. The Hall–Kier alpha value is -1.11. The summed E-state index contributed by atoms with van der Waals surface area (Å²) < 4.78 is 4.54. The zero-order chi connectivity index (χ0) is 11.8. The van der Waals surface area contributed by atoms with Gasteiger partial charge >= 0.3 is 0 Å². The molecule has 0 bridgehead atoms. The van der Waals surface area contributed by atoms with Gasteiger partial charge in [0, 0.05) is 31.2 Å². The van der Waals surface area contributed by atoms with Crippen molar-refractivity contribution in [3.05, 3.63) is 18.2 Å². The molecule has 2 N–H and O–H groups in total. The summed E-state index contributed by atoms with van der Waals surface area (Å²) in [6.07, 6.45) is 4.43. The second-order valence-corrected chi connectivity index (χ2v) is 5.48. The van der Waals surface area contributed by atoms with E-state index in [1.54, 1.807) is 6.33 Å². The Kier molecular flexibility index (Phi) is 2.78. The molecule has 0 aliphatic carbocycles. The van der Waals surface area contributed by atoms with Crippen LogP contribution in [0, 0.1) is 0 Å². The highest BCUT2D eigenvalue weighted by Crippen LogP contribution is 2.31. The minimum Gasteiger partial charge on any atom is -0.327 e. The van der Waals surface area contributed by atoms with Crippen LogP contribution in [0.4, 0.5) is 0 Å². The maximum absolute atomic E-state index is 6.07. The Morgan fingerprint density at radius 2 is 2.35 bits per heavy atom. The van der Waals surface area contributed by atoms with Gasteiger partial charge in [-0.25, -0.2) is 9.97 Å². The normalized spacial score (nSPS) is 26.5. The van der Waals surface area contributed by atoms with Crippen LogP contribution in [0.25, 0.3) is 10.2 Å². The fraction of sp³-hybridized carbons (Fsp3) is 0.545. The summed E-state index contributed by atoms with van der Waals surface area (Å²) in [5, 5.41) is 1.09. The van der Waals surface area contributed by atoms with Gasteiger partial charge in [0.05, 0.1) is 11.1 Å². The van der Waals surface area contributed by atoms with Crippen LogP contribution in [0.2, 0.25) is 0 Å². The number of rotatable bonds is 1. The molecule has 0 spiro atoms. The maximum atomic E-state index is 6.07. The first-order valence-corrected chi connectivity index (χ1v) is 6.51. The topological polar surface area (TPSA) is 67.9 Å². The van der Waals surface area contributed by atoms with Crippen molar-refractivity contribution >= 4 is 21.7 Å². The van der Waals surface area contributed by atoms with Crippen molar-refractivity contribution in [1.82, 2.24) is 19.2 Å². The fourth-order valence-corrected chi connectivity index (χ4v) is 3.35. The third-order valence-electron chi connectivity index (χ3n) is 3.23. The molecule has 1 aliphatic rings. The predicted octanol–water partition coefficient (Wildman–Crippen LogP) is 0.833. The van der Waals surface area contributed by atoms with E-state index < -0.39 is 0 Å². The molecule has 0 amide bonds. The molecule has 0 saturated carbocycles. The molecule has 3 heterocycles. The fourth-order valence-electron chi connectivity index (χ4n) is 2.57. The van der Waals surface area contributed by atoms with Crippen LogP contribution in [0.3, 0.4) is 0 Å². The van der Waals surface area contributed by atoms with Gasteiger partial charge in [0.1, 0.15) is 11.2 Å². The van der Waals surface area contributed by atoms with E-state index in [0.717, 1.165) is 35.4 Å². The highest BCUT2D eigenvalue weighted by Gasteiger charge is 2.27. The summed E-state index contributed by atoms with van der Waals surface area (Å²) in [5.74, 6) is 0.406. The average Bonchev–Trinajstić information content (AvgIpc) is 2.71. The van der Waals surface area contributed by atoms with Gasteiger partial charge in [-0.15, -0.1) is 0 Å². The minimum absolute atomic E-state index is 0.236. The Morgan fingerprint density at radius 1 is 1.47 bits per heavy atom. The van der Waals surface area contributed by atoms with Crippen LogP contribution in [-0.4, -0.2) is 45.4 Å². The van der Waals surface area contributed by atoms with Gasteiger partial charge in [-0.2, -0.15) is 4.37 Å². The number of nitrogens with zero attached hydrogens (tertiary/aromatic N) is 4. The zero-order valence-corrected chi connectivity index (χ0v) is 10.5. The third kappa shape index (κ3) is 2.03. The van der Waals surface area contributed by atoms with Crippen molar-refractivity contribution in [2.75, 3.05) is 20.1 Å². The summed E-state index contributed by atoms with van der Waals surface area (Å²) >= 11 is 1.45. The first-order chi connectivity index (χ1) is 8.24. The van der Waals surface area contributed by atoms with Crippen LogP contribution in [-0.2, 0) is 0 Å². The molecular weight excluding hydrogens is 234 g/mol. The Labute approximate surface area is 104 Å². The second kappa shape index (κ2) is 4.29.